The Kier molecular flexibility index (Phi) is 13.4. The summed E-state index contributed by atoms with van der Waals surface area (Å²) in [5, 5.41) is 21.9. The second-order valence-corrected chi connectivity index (χ2v) is 9.36. The maximum atomic E-state index is 12.4. The number of nitrogens with two attached hydrogens (primary N) is 1. The van der Waals surface area contributed by atoms with Crippen LogP contribution in [-0.4, -0.2) is 50.5 Å². The number of aliphatic hydroxyl groups excluding tert-OH is 2. The third-order valence-electron chi connectivity index (χ3n) is 6.48. The number of carbonyl (C=O) groups is 1. The number of nitrogens with one attached hydrogen (secondary N) is 1. The number of unbranched alkanes of at least 4 members (excludes halogenated alkanes) is 12. The molecule has 4 atom stereocenters. The predicted molar refractivity (Wildman–Crippen MR) is 132 cm³/mol. The number of amides is 1. The van der Waals surface area contributed by atoms with Crippen LogP contribution in [0.2, 0.25) is 0 Å². The van der Waals surface area contributed by atoms with Crippen LogP contribution in [0.4, 0.5) is 5.82 Å². The van der Waals surface area contributed by atoms with Gasteiger partial charge in [-0.25, -0.2) is 4.79 Å². The maximum absolute atomic E-state index is 12.4. The Balaban J connectivity index is 1.58. The molecular formula is C25H44N4O5. The summed E-state index contributed by atoms with van der Waals surface area (Å²) >= 11 is 0. The molecule has 2 rings (SSSR count). The van der Waals surface area contributed by atoms with E-state index in [2.05, 4.69) is 17.2 Å². The third-order valence-corrected chi connectivity index (χ3v) is 6.48. The first-order valence-corrected chi connectivity index (χ1v) is 13.1. The first kappa shape index (κ1) is 28.4. The number of ether oxygens (including phenoxy) is 1. The molecule has 0 radical (unpaired) electrons. The molecule has 1 aliphatic heterocycles. The molecule has 2 heterocycles. The van der Waals surface area contributed by atoms with E-state index in [1.54, 1.807) is 0 Å². The van der Waals surface area contributed by atoms with Gasteiger partial charge in [-0.05, 0) is 12.5 Å². The Labute approximate surface area is 203 Å². The van der Waals surface area contributed by atoms with Crippen molar-refractivity contribution >= 4 is 11.7 Å². The van der Waals surface area contributed by atoms with Crippen LogP contribution in [0.5, 0.6) is 0 Å². The maximum Gasteiger partial charge on any atom is 0.351 e. The van der Waals surface area contributed by atoms with E-state index < -0.39 is 36.8 Å². The minimum absolute atomic E-state index is 0.169. The van der Waals surface area contributed by atoms with E-state index in [1.807, 2.05) is 0 Å². The molecular weight excluding hydrogens is 436 g/mol. The predicted octanol–water partition coefficient (Wildman–Crippen LogP) is 3.24. The molecule has 9 nitrogen and oxygen atoms in total. The van der Waals surface area contributed by atoms with E-state index >= 15 is 0 Å². The van der Waals surface area contributed by atoms with Crippen LogP contribution < -0.4 is 16.7 Å². The number of rotatable bonds is 17. The minimum atomic E-state index is -1.08. The Hall–Kier alpha value is -1.81. The van der Waals surface area contributed by atoms with Crippen LogP contribution in [0.15, 0.2) is 17.1 Å². The second kappa shape index (κ2) is 16.0. The van der Waals surface area contributed by atoms with E-state index in [0.29, 0.717) is 6.42 Å². The van der Waals surface area contributed by atoms with Gasteiger partial charge in [-0.15, -0.1) is 0 Å². The number of nitrogens with zero attached hydrogens (tertiary/aromatic N) is 2. The topological polar surface area (TPSA) is 140 Å². The number of anilines is 1. The smallest absolute Gasteiger partial charge is 0.351 e. The highest BCUT2D eigenvalue weighted by atomic mass is 16.5. The number of hydrogen-bond acceptors (Lipinski definition) is 7. The summed E-state index contributed by atoms with van der Waals surface area (Å²) in [5.41, 5.74) is 5.26. The molecule has 1 saturated heterocycles. The highest BCUT2D eigenvalue weighted by molar-refractivity contribution is 5.89. The van der Waals surface area contributed by atoms with Crippen molar-refractivity contribution in [3.8, 4) is 0 Å². The van der Waals surface area contributed by atoms with Gasteiger partial charge in [-0.3, -0.25) is 9.36 Å². The molecule has 9 heteroatoms. The van der Waals surface area contributed by atoms with Gasteiger partial charge in [0.15, 0.2) is 6.23 Å². The average molecular weight is 481 g/mol. The van der Waals surface area contributed by atoms with Crippen molar-refractivity contribution in [2.24, 2.45) is 5.73 Å². The van der Waals surface area contributed by atoms with E-state index in [4.69, 9.17) is 10.5 Å². The van der Waals surface area contributed by atoms with Crippen molar-refractivity contribution in [1.82, 2.24) is 9.55 Å². The van der Waals surface area contributed by atoms with Crippen molar-refractivity contribution in [3.63, 3.8) is 0 Å². The number of hydrogen-bond donors (Lipinski definition) is 4. The lowest BCUT2D eigenvalue weighted by Crippen LogP contribution is -2.42. The van der Waals surface area contributed by atoms with Crippen molar-refractivity contribution in [2.45, 2.75) is 121 Å². The molecule has 34 heavy (non-hydrogen) atoms. The fourth-order valence-electron chi connectivity index (χ4n) is 4.35. The van der Waals surface area contributed by atoms with Crippen molar-refractivity contribution in [1.29, 1.82) is 0 Å². The summed E-state index contributed by atoms with van der Waals surface area (Å²) in [4.78, 5) is 28.4. The standard InChI is InChI=1S/C25H44N4O5/c1-2-3-4-5-6-7-8-9-10-11-12-13-14-15-21(31)27-20-16-17-29(25(33)28-20)24-22(26)23(32)19(18-30)34-24/h16-17,19,22-24,30,32H,2-15,18,26H2,1H3,(H,27,28,31,33)/t19-,22+,23-,24-/m1/s1. The number of aliphatic hydroxyl groups is 2. The Morgan fingerprint density at radius 2 is 1.62 bits per heavy atom. The van der Waals surface area contributed by atoms with Gasteiger partial charge in [0, 0.05) is 12.6 Å². The van der Waals surface area contributed by atoms with E-state index in [1.165, 1.54) is 76.5 Å². The highest BCUT2D eigenvalue weighted by Gasteiger charge is 2.42. The summed E-state index contributed by atoms with van der Waals surface area (Å²) in [6.07, 6.45) is 15.2. The first-order chi connectivity index (χ1) is 16.5. The van der Waals surface area contributed by atoms with Crippen molar-refractivity contribution < 1.29 is 19.7 Å². The van der Waals surface area contributed by atoms with Gasteiger partial charge >= 0.3 is 5.69 Å². The minimum Gasteiger partial charge on any atom is -0.394 e. The van der Waals surface area contributed by atoms with Crippen LogP contribution >= 0.6 is 0 Å². The van der Waals surface area contributed by atoms with Gasteiger partial charge < -0.3 is 26.0 Å². The molecule has 5 N–H and O–H groups in total. The fraction of sp³-hybridized carbons (Fsp3) is 0.800. The second-order valence-electron chi connectivity index (χ2n) is 9.36. The lowest BCUT2D eigenvalue weighted by molar-refractivity contribution is -0.116. The van der Waals surface area contributed by atoms with Gasteiger partial charge in [0.1, 0.15) is 18.0 Å². The lowest BCUT2D eigenvalue weighted by atomic mass is 10.0. The van der Waals surface area contributed by atoms with Crippen molar-refractivity contribution in [2.75, 3.05) is 11.9 Å². The molecule has 1 aromatic heterocycles. The molecule has 1 aromatic rings. The quantitative estimate of drug-likeness (QED) is 0.251. The Morgan fingerprint density at radius 1 is 1.06 bits per heavy atom. The largest absolute Gasteiger partial charge is 0.394 e. The molecule has 0 aliphatic carbocycles. The van der Waals surface area contributed by atoms with Crippen LogP contribution in [-0.2, 0) is 9.53 Å². The SMILES string of the molecule is CCCCCCCCCCCCCCCC(=O)Nc1ccn([C@@H]2O[C@H](CO)[C@@H](O)[C@@H]2N)c(=O)n1. The average Bonchev–Trinajstić information content (AvgIpc) is 3.10. The molecule has 0 unspecified atom stereocenters. The van der Waals surface area contributed by atoms with Crippen LogP contribution in [0.3, 0.4) is 0 Å². The molecule has 0 aromatic carbocycles. The van der Waals surface area contributed by atoms with E-state index in [-0.39, 0.29) is 11.7 Å². The Bertz CT molecular complexity index is 772. The zero-order chi connectivity index (χ0) is 24.8. The van der Waals surface area contributed by atoms with Gasteiger partial charge in [-0.2, -0.15) is 4.98 Å². The van der Waals surface area contributed by atoms with Crippen LogP contribution in [0.1, 0.15) is 103 Å². The van der Waals surface area contributed by atoms with Gasteiger partial charge in [-0.1, -0.05) is 84.0 Å². The van der Waals surface area contributed by atoms with Crippen LogP contribution in [0.25, 0.3) is 0 Å². The third kappa shape index (κ3) is 9.44. The molecule has 1 aliphatic rings. The van der Waals surface area contributed by atoms with Crippen LogP contribution in [0, 0.1) is 0 Å². The zero-order valence-electron chi connectivity index (χ0n) is 20.7. The normalized spacial score (nSPS) is 22.2. The number of aromatic nitrogens is 2. The van der Waals surface area contributed by atoms with E-state index in [9.17, 15) is 19.8 Å². The van der Waals surface area contributed by atoms with E-state index in [0.717, 1.165) is 23.8 Å². The molecule has 0 saturated carbocycles. The first-order valence-electron chi connectivity index (χ1n) is 13.1. The van der Waals surface area contributed by atoms with Gasteiger partial charge in [0.2, 0.25) is 5.91 Å². The van der Waals surface area contributed by atoms with Crippen molar-refractivity contribution in [3.05, 3.63) is 22.7 Å². The molecule has 1 amide bonds. The molecule has 0 bridgehead atoms. The molecule has 0 spiro atoms. The molecule has 194 valence electrons. The summed E-state index contributed by atoms with van der Waals surface area (Å²) in [7, 11) is 0. The number of carbonyl (C=O) groups excluding carboxylic acids is 1. The van der Waals surface area contributed by atoms with Gasteiger partial charge in [0.05, 0.1) is 12.6 Å². The fourth-order valence-corrected chi connectivity index (χ4v) is 4.35. The van der Waals surface area contributed by atoms with Gasteiger partial charge in [0.25, 0.3) is 0 Å². The summed E-state index contributed by atoms with van der Waals surface area (Å²) < 4.78 is 6.62. The summed E-state index contributed by atoms with van der Waals surface area (Å²) in [6, 6.07) is 0.630. The summed E-state index contributed by atoms with van der Waals surface area (Å²) in [6.45, 7) is 1.85. The zero-order valence-corrected chi connectivity index (χ0v) is 20.7. The molecule has 1 fully saturated rings. The lowest BCUT2D eigenvalue weighted by Gasteiger charge is -2.18. The Morgan fingerprint density at radius 3 is 2.12 bits per heavy atom. The highest BCUT2D eigenvalue weighted by Crippen LogP contribution is 2.26. The summed E-state index contributed by atoms with van der Waals surface area (Å²) in [5.74, 6) is 0.00377. The monoisotopic (exact) mass is 480 g/mol.